The van der Waals surface area contributed by atoms with E-state index >= 15 is 0 Å². The van der Waals surface area contributed by atoms with Crippen molar-refractivity contribution in [2.75, 3.05) is 25.4 Å². The van der Waals surface area contributed by atoms with Crippen LogP contribution in [0.3, 0.4) is 0 Å². The molecule has 0 saturated carbocycles. The van der Waals surface area contributed by atoms with Gasteiger partial charge in [-0.3, -0.25) is 9.59 Å². The van der Waals surface area contributed by atoms with Gasteiger partial charge in [0, 0.05) is 35.6 Å². The number of nitrogens with one attached hydrogen (secondary N) is 2. The number of aliphatic hydroxyl groups excluding tert-OH is 2. The van der Waals surface area contributed by atoms with Crippen molar-refractivity contribution >= 4 is 23.6 Å². The number of hydrogen-bond acceptors (Lipinski definition) is 5. The van der Waals surface area contributed by atoms with Crippen molar-refractivity contribution in [1.82, 2.24) is 10.6 Å². The average Bonchev–Trinajstić information content (AvgIpc) is 2.58. The van der Waals surface area contributed by atoms with E-state index in [1.54, 1.807) is 25.6 Å². The minimum absolute atomic E-state index is 0.147. The maximum absolute atomic E-state index is 11.7. The fourth-order valence-electron chi connectivity index (χ4n) is 1.80. The summed E-state index contributed by atoms with van der Waals surface area (Å²) in [7, 11) is 0. The van der Waals surface area contributed by atoms with Crippen molar-refractivity contribution in [1.29, 1.82) is 0 Å². The van der Waals surface area contributed by atoms with E-state index in [-0.39, 0.29) is 25.5 Å². The standard InChI is InChI=1S/C17H26N2O4S/c1-17(2,12-20)15(22)16(23)19-9-8-14(21)18-10-11-24-13-6-4-3-5-7-13/h3-7,15,20,22H,8-12H2,1-2H3,(H,18,21)(H,19,23). The number of rotatable bonds is 10. The molecule has 0 fully saturated rings. The van der Waals surface area contributed by atoms with E-state index < -0.39 is 17.4 Å². The largest absolute Gasteiger partial charge is 0.396 e. The average molecular weight is 354 g/mol. The molecule has 0 radical (unpaired) electrons. The summed E-state index contributed by atoms with van der Waals surface area (Å²) in [5, 5.41) is 24.2. The molecular formula is C17H26N2O4S. The zero-order chi connectivity index (χ0) is 18.0. The first-order valence-electron chi connectivity index (χ1n) is 7.88. The smallest absolute Gasteiger partial charge is 0.249 e. The first-order valence-corrected chi connectivity index (χ1v) is 8.86. The molecule has 0 aromatic heterocycles. The number of aliphatic hydroxyl groups is 2. The minimum Gasteiger partial charge on any atom is -0.396 e. The number of thioether (sulfide) groups is 1. The van der Waals surface area contributed by atoms with Gasteiger partial charge in [0.2, 0.25) is 11.8 Å². The second-order valence-electron chi connectivity index (χ2n) is 6.10. The Hall–Kier alpha value is -1.57. The Balaban J connectivity index is 2.14. The lowest BCUT2D eigenvalue weighted by Gasteiger charge is -2.27. The summed E-state index contributed by atoms with van der Waals surface area (Å²) in [5.74, 6) is 0.0345. The quantitative estimate of drug-likeness (QED) is 0.368. The van der Waals surface area contributed by atoms with Crippen LogP contribution in [0.1, 0.15) is 20.3 Å². The monoisotopic (exact) mass is 354 g/mol. The molecule has 1 aromatic rings. The third kappa shape index (κ3) is 7.33. The number of hydrogen-bond donors (Lipinski definition) is 4. The molecule has 0 aliphatic rings. The lowest BCUT2D eigenvalue weighted by molar-refractivity contribution is -0.137. The molecule has 7 heteroatoms. The van der Waals surface area contributed by atoms with Crippen LogP contribution in [-0.4, -0.2) is 53.6 Å². The Morgan fingerprint density at radius 2 is 1.83 bits per heavy atom. The van der Waals surface area contributed by atoms with Crippen LogP contribution in [0.4, 0.5) is 0 Å². The first kappa shape index (κ1) is 20.5. The molecule has 6 nitrogen and oxygen atoms in total. The van der Waals surface area contributed by atoms with Gasteiger partial charge in [0.05, 0.1) is 6.61 Å². The highest BCUT2D eigenvalue weighted by Crippen LogP contribution is 2.19. The zero-order valence-corrected chi connectivity index (χ0v) is 14.9. The normalized spacial score (nSPS) is 12.5. The molecule has 24 heavy (non-hydrogen) atoms. The Kier molecular flexibility index (Phi) is 8.81. The highest BCUT2D eigenvalue weighted by atomic mass is 32.2. The summed E-state index contributed by atoms with van der Waals surface area (Å²) >= 11 is 1.66. The maximum Gasteiger partial charge on any atom is 0.249 e. The minimum atomic E-state index is -1.31. The van der Waals surface area contributed by atoms with Crippen molar-refractivity contribution in [3.8, 4) is 0 Å². The molecule has 2 amide bonds. The Bertz CT molecular complexity index is 523. The topological polar surface area (TPSA) is 98.7 Å². The Morgan fingerprint density at radius 3 is 2.46 bits per heavy atom. The summed E-state index contributed by atoms with van der Waals surface area (Å²) in [6, 6.07) is 9.92. The number of carbonyl (C=O) groups excluding carboxylic acids is 2. The maximum atomic E-state index is 11.7. The van der Waals surface area contributed by atoms with E-state index in [1.807, 2.05) is 30.3 Å². The van der Waals surface area contributed by atoms with Crippen LogP contribution in [0.25, 0.3) is 0 Å². The third-order valence-electron chi connectivity index (χ3n) is 3.48. The molecule has 0 spiro atoms. The van der Waals surface area contributed by atoms with Gasteiger partial charge in [0.25, 0.3) is 0 Å². The van der Waals surface area contributed by atoms with Crippen molar-refractivity contribution in [2.24, 2.45) is 5.41 Å². The molecule has 0 aliphatic carbocycles. The Labute approximate surface area is 147 Å². The van der Waals surface area contributed by atoms with Gasteiger partial charge < -0.3 is 20.8 Å². The van der Waals surface area contributed by atoms with Crippen molar-refractivity contribution in [3.05, 3.63) is 30.3 Å². The van der Waals surface area contributed by atoms with Crippen molar-refractivity contribution < 1.29 is 19.8 Å². The van der Waals surface area contributed by atoms with Crippen molar-refractivity contribution in [3.63, 3.8) is 0 Å². The summed E-state index contributed by atoms with van der Waals surface area (Å²) in [6.07, 6.45) is -1.17. The Morgan fingerprint density at radius 1 is 1.17 bits per heavy atom. The first-order chi connectivity index (χ1) is 11.4. The van der Waals surface area contributed by atoms with Gasteiger partial charge in [-0.05, 0) is 12.1 Å². The third-order valence-corrected chi connectivity index (χ3v) is 4.50. The van der Waals surface area contributed by atoms with E-state index in [4.69, 9.17) is 5.11 Å². The highest BCUT2D eigenvalue weighted by molar-refractivity contribution is 7.99. The van der Waals surface area contributed by atoms with Gasteiger partial charge in [0.15, 0.2) is 0 Å². The van der Waals surface area contributed by atoms with Crippen LogP contribution in [0.5, 0.6) is 0 Å². The van der Waals surface area contributed by atoms with Crippen LogP contribution < -0.4 is 10.6 Å². The molecule has 134 valence electrons. The summed E-state index contributed by atoms with van der Waals surface area (Å²) in [6.45, 7) is 3.57. The van der Waals surface area contributed by atoms with Gasteiger partial charge in [-0.25, -0.2) is 0 Å². The molecule has 0 aliphatic heterocycles. The van der Waals surface area contributed by atoms with E-state index in [0.29, 0.717) is 6.54 Å². The molecule has 0 heterocycles. The van der Waals surface area contributed by atoms with Crippen LogP contribution >= 0.6 is 11.8 Å². The van der Waals surface area contributed by atoms with Gasteiger partial charge in [-0.1, -0.05) is 32.0 Å². The molecule has 1 unspecified atom stereocenters. The molecular weight excluding hydrogens is 328 g/mol. The van der Waals surface area contributed by atoms with E-state index in [1.165, 1.54) is 0 Å². The molecule has 0 bridgehead atoms. The molecule has 1 atom stereocenters. The molecule has 1 rings (SSSR count). The highest BCUT2D eigenvalue weighted by Gasteiger charge is 2.32. The number of carbonyl (C=O) groups is 2. The molecule has 0 saturated heterocycles. The predicted octanol–water partition coefficient (Wildman–Crippen LogP) is 0.781. The number of benzene rings is 1. The number of amides is 2. The molecule has 1 aromatic carbocycles. The van der Waals surface area contributed by atoms with Crippen LogP contribution in [0.2, 0.25) is 0 Å². The van der Waals surface area contributed by atoms with Crippen LogP contribution in [-0.2, 0) is 9.59 Å². The van der Waals surface area contributed by atoms with Crippen molar-refractivity contribution in [2.45, 2.75) is 31.3 Å². The second kappa shape index (κ2) is 10.3. The fourth-order valence-corrected chi connectivity index (χ4v) is 2.59. The fraction of sp³-hybridized carbons (Fsp3) is 0.529. The van der Waals surface area contributed by atoms with E-state index in [2.05, 4.69) is 10.6 Å². The lowest BCUT2D eigenvalue weighted by atomic mass is 9.87. The SMILES string of the molecule is CC(C)(CO)C(O)C(=O)NCCC(=O)NCCSc1ccccc1. The lowest BCUT2D eigenvalue weighted by Crippen LogP contribution is -2.46. The zero-order valence-electron chi connectivity index (χ0n) is 14.1. The predicted molar refractivity (Wildman–Crippen MR) is 94.7 cm³/mol. The second-order valence-corrected chi connectivity index (χ2v) is 7.27. The summed E-state index contributed by atoms with van der Waals surface area (Å²) < 4.78 is 0. The molecule has 4 N–H and O–H groups in total. The summed E-state index contributed by atoms with van der Waals surface area (Å²) in [5.41, 5.74) is -0.916. The van der Waals surface area contributed by atoms with Gasteiger partial charge >= 0.3 is 0 Å². The van der Waals surface area contributed by atoms with Crippen LogP contribution in [0, 0.1) is 5.41 Å². The van der Waals surface area contributed by atoms with Gasteiger partial charge in [-0.2, -0.15) is 0 Å². The van der Waals surface area contributed by atoms with Gasteiger partial charge in [-0.15, -0.1) is 11.8 Å². The van der Waals surface area contributed by atoms with E-state index in [9.17, 15) is 14.7 Å². The summed E-state index contributed by atoms with van der Waals surface area (Å²) in [4.78, 5) is 24.6. The van der Waals surface area contributed by atoms with Gasteiger partial charge in [0.1, 0.15) is 6.10 Å². The van der Waals surface area contributed by atoms with E-state index in [0.717, 1.165) is 10.6 Å². The van der Waals surface area contributed by atoms with Crippen LogP contribution in [0.15, 0.2) is 35.2 Å².